The topological polar surface area (TPSA) is 64.5 Å². The van der Waals surface area contributed by atoms with E-state index in [0.717, 1.165) is 96.0 Å². The minimum atomic E-state index is -0.202. The van der Waals surface area contributed by atoms with E-state index in [1.807, 2.05) is 48.7 Å². The Balaban J connectivity index is 0.00000456. The average Bonchev–Trinajstić information content (AvgIpc) is 3.85. The number of hydrogen-bond donors (Lipinski definition) is 0. The molecule has 0 unspecified atom stereocenters. The van der Waals surface area contributed by atoms with Crippen molar-refractivity contribution in [2.45, 2.75) is 52.4 Å². The summed E-state index contributed by atoms with van der Waals surface area (Å²) in [5.41, 5.74) is 10.3. The van der Waals surface area contributed by atoms with E-state index in [2.05, 4.69) is 171 Å². The van der Waals surface area contributed by atoms with E-state index < -0.39 is 0 Å². The Morgan fingerprint density at radius 2 is 1.15 bits per heavy atom. The first-order valence-corrected chi connectivity index (χ1v) is 21.9. The van der Waals surface area contributed by atoms with Crippen LogP contribution in [0.2, 0.25) is 0 Å². The minimum Gasteiger partial charge on any atom is -0.509 e. The predicted octanol–water partition coefficient (Wildman–Crippen LogP) is 15.4. The SMILES string of the molecule is CC(C)(C)c1cc(Oc2[c-]c3c(cc2)c2ccccc2n3-c2cc(C(C)(C)C)ccn2)[c-]c(N2[CH-]N(c3cc4c5c(c3)Oc3cccc6c3N5c3c(cccc3O4)O6)c3ccccc32)c1.[Pt]. The fraction of sp³-hybridized carbons (Fsp3) is 0.143. The summed E-state index contributed by atoms with van der Waals surface area (Å²) < 4.78 is 28.7. The summed E-state index contributed by atoms with van der Waals surface area (Å²) in [6, 6.07) is 52.8. The molecular formula is C56H42N5O4Pt-3. The van der Waals surface area contributed by atoms with Gasteiger partial charge < -0.3 is 33.3 Å². The number of pyridine rings is 1. The van der Waals surface area contributed by atoms with Gasteiger partial charge in [-0.3, -0.25) is 4.90 Å². The summed E-state index contributed by atoms with van der Waals surface area (Å²) in [5, 5.41) is 2.21. The molecule has 13 rings (SSSR count). The predicted molar refractivity (Wildman–Crippen MR) is 257 cm³/mol. The van der Waals surface area contributed by atoms with Gasteiger partial charge in [0, 0.05) is 73.5 Å². The summed E-state index contributed by atoms with van der Waals surface area (Å²) in [4.78, 5) is 11.4. The van der Waals surface area contributed by atoms with Crippen LogP contribution in [0.15, 0.2) is 140 Å². The molecule has 0 saturated carbocycles. The van der Waals surface area contributed by atoms with Crippen molar-refractivity contribution < 1.29 is 40.0 Å². The maximum absolute atomic E-state index is 6.82. The van der Waals surface area contributed by atoms with E-state index in [-0.39, 0.29) is 31.9 Å². The van der Waals surface area contributed by atoms with Gasteiger partial charge in [-0.05, 0) is 76.4 Å². The molecule has 0 fully saturated rings. The van der Waals surface area contributed by atoms with E-state index in [1.165, 1.54) is 5.56 Å². The minimum absolute atomic E-state index is 0. The van der Waals surface area contributed by atoms with Gasteiger partial charge in [0.25, 0.3) is 0 Å². The van der Waals surface area contributed by atoms with Gasteiger partial charge in [-0.15, -0.1) is 53.6 Å². The zero-order valence-electron chi connectivity index (χ0n) is 37.0. The molecule has 0 atom stereocenters. The molecule has 10 heteroatoms. The molecule has 66 heavy (non-hydrogen) atoms. The molecule has 0 aliphatic carbocycles. The van der Waals surface area contributed by atoms with E-state index in [4.69, 9.17) is 23.9 Å². The van der Waals surface area contributed by atoms with Gasteiger partial charge in [0.2, 0.25) is 0 Å². The Hall–Kier alpha value is -7.22. The molecule has 0 spiro atoms. The second-order valence-corrected chi connectivity index (χ2v) is 19.0. The first-order valence-electron chi connectivity index (χ1n) is 21.9. The smallest absolute Gasteiger partial charge is 0.157 e. The van der Waals surface area contributed by atoms with Crippen molar-refractivity contribution in [2.24, 2.45) is 0 Å². The fourth-order valence-corrected chi connectivity index (χ4v) is 9.50. The van der Waals surface area contributed by atoms with E-state index >= 15 is 0 Å². The molecule has 2 aromatic heterocycles. The molecular weight excluding hydrogens is 1000 g/mol. The summed E-state index contributed by atoms with van der Waals surface area (Å²) >= 11 is 0. The Labute approximate surface area is 397 Å². The maximum Gasteiger partial charge on any atom is 0.157 e. The Morgan fingerprint density at radius 3 is 1.82 bits per heavy atom. The number of para-hydroxylation sites is 5. The number of benzene rings is 7. The van der Waals surface area contributed by atoms with Crippen LogP contribution in [0.1, 0.15) is 52.7 Å². The Morgan fingerprint density at radius 1 is 0.545 bits per heavy atom. The number of fused-ring (bicyclic) bond motifs is 4. The van der Waals surface area contributed by atoms with Gasteiger partial charge in [0.05, 0.1) is 0 Å². The van der Waals surface area contributed by atoms with Crippen LogP contribution < -0.4 is 33.6 Å². The van der Waals surface area contributed by atoms with Crippen LogP contribution in [0.4, 0.5) is 39.8 Å². The third-order valence-corrected chi connectivity index (χ3v) is 12.8. The van der Waals surface area contributed by atoms with Crippen molar-refractivity contribution >= 4 is 61.6 Å². The van der Waals surface area contributed by atoms with Crippen LogP contribution in [0.5, 0.6) is 46.0 Å². The molecule has 0 saturated heterocycles. The first kappa shape index (κ1) is 40.3. The molecule has 0 N–H and O–H groups in total. The quantitative estimate of drug-likeness (QED) is 0.158. The fourth-order valence-electron chi connectivity index (χ4n) is 9.50. The van der Waals surface area contributed by atoms with Gasteiger partial charge in [-0.2, -0.15) is 6.07 Å². The molecule has 4 aliphatic heterocycles. The normalized spacial score (nSPS) is 14.0. The largest absolute Gasteiger partial charge is 0.509 e. The second kappa shape index (κ2) is 14.4. The molecule has 328 valence electrons. The van der Waals surface area contributed by atoms with Gasteiger partial charge in [-0.1, -0.05) is 89.5 Å². The van der Waals surface area contributed by atoms with Crippen LogP contribution in [0.3, 0.4) is 0 Å². The maximum atomic E-state index is 6.82. The molecule has 9 aromatic rings. The average molecular weight is 1040 g/mol. The zero-order valence-corrected chi connectivity index (χ0v) is 39.3. The number of hydrogen-bond acceptors (Lipinski definition) is 8. The number of rotatable bonds is 5. The zero-order chi connectivity index (χ0) is 43.9. The van der Waals surface area contributed by atoms with Crippen LogP contribution in [0.25, 0.3) is 27.6 Å². The molecule has 0 bridgehead atoms. The van der Waals surface area contributed by atoms with Crippen LogP contribution in [-0.4, -0.2) is 9.55 Å². The number of anilines is 7. The molecule has 4 aliphatic rings. The summed E-state index contributed by atoms with van der Waals surface area (Å²) in [6.45, 7) is 15.4. The third-order valence-electron chi connectivity index (χ3n) is 12.8. The monoisotopic (exact) mass is 1040 g/mol. The van der Waals surface area contributed by atoms with Gasteiger partial charge in [0.1, 0.15) is 22.9 Å². The van der Waals surface area contributed by atoms with Gasteiger partial charge in [-0.25, -0.2) is 4.98 Å². The van der Waals surface area contributed by atoms with Gasteiger partial charge >= 0.3 is 0 Å². The van der Waals surface area contributed by atoms with E-state index in [9.17, 15) is 0 Å². The van der Waals surface area contributed by atoms with Crippen molar-refractivity contribution in [3.05, 3.63) is 170 Å². The summed E-state index contributed by atoms with van der Waals surface area (Å²) in [6.07, 6.45) is 1.90. The van der Waals surface area contributed by atoms with Gasteiger partial charge in [0.15, 0.2) is 34.5 Å². The summed E-state index contributed by atoms with van der Waals surface area (Å²) in [5.74, 6) is 6.32. The number of aromatic nitrogens is 2. The Bertz CT molecular complexity index is 3420. The van der Waals surface area contributed by atoms with Crippen molar-refractivity contribution in [3.63, 3.8) is 0 Å². The van der Waals surface area contributed by atoms with Crippen LogP contribution >= 0.6 is 0 Å². The van der Waals surface area contributed by atoms with Crippen LogP contribution in [-0.2, 0) is 31.9 Å². The number of nitrogens with zero attached hydrogens (tertiary/aromatic N) is 5. The van der Waals surface area contributed by atoms with Crippen molar-refractivity contribution in [1.29, 1.82) is 0 Å². The molecule has 0 radical (unpaired) electrons. The number of ether oxygens (including phenoxy) is 4. The van der Waals surface area contributed by atoms with Crippen molar-refractivity contribution in [3.8, 4) is 51.8 Å². The molecule has 6 heterocycles. The standard InChI is InChI=1S/C56H42N5O4.Pt/c1-55(2,3)33-23-24-57-51(27-33)60-41-14-8-7-13-39(41)40-22-21-37(31-44(40)60)62-38-26-34(56(4,5)6)25-35(28-38)58-32-59(43-16-10-9-15-42(43)58)36-29-49-54-50(30-36)65-48-20-12-18-46-53(48)61(54)52-45(63-46)17-11-19-47(52)64-49;/h7-27,29-30,32H,1-6H3;/q-3;. The van der Waals surface area contributed by atoms with Crippen molar-refractivity contribution in [1.82, 2.24) is 9.55 Å². The molecule has 9 nitrogen and oxygen atoms in total. The third kappa shape index (κ3) is 6.13. The second-order valence-electron chi connectivity index (χ2n) is 19.0. The van der Waals surface area contributed by atoms with Crippen LogP contribution in [0, 0.1) is 18.8 Å². The summed E-state index contributed by atoms with van der Waals surface area (Å²) in [7, 11) is 0. The Kier molecular flexibility index (Phi) is 8.79. The molecule has 7 aromatic carbocycles. The molecule has 0 amide bonds. The van der Waals surface area contributed by atoms with E-state index in [1.54, 1.807) is 0 Å². The first-order chi connectivity index (χ1) is 31.4. The van der Waals surface area contributed by atoms with E-state index in [0.29, 0.717) is 23.0 Å². The van der Waals surface area contributed by atoms with Crippen molar-refractivity contribution in [2.75, 3.05) is 14.7 Å².